The fourth-order valence-corrected chi connectivity index (χ4v) is 3.49. The van der Waals surface area contributed by atoms with Crippen LogP contribution in [0.3, 0.4) is 0 Å². The van der Waals surface area contributed by atoms with Crippen LogP contribution in [0.15, 0.2) is 53.2 Å². The van der Waals surface area contributed by atoms with Crippen molar-refractivity contribution in [3.05, 3.63) is 48.8 Å². The zero-order valence-corrected chi connectivity index (χ0v) is 14.1. The van der Waals surface area contributed by atoms with E-state index < -0.39 is 0 Å². The van der Waals surface area contributed by atoms with Gasteiger partial charge in [-0.15, -0.1) is 0 Å². The Kier molecular flexibility index (Phi) is 3.24. The second-order valence-corrected chi connectivity index (χ2v) is 6.53. The number of hydrogen-bond acceptors (Lipinski definition) is 5. The zero-order valence-electron chi connectivity index (χ0n) is 14.1. The van der Waals surface area contributed by atoms with E-state index in [1.54, 1.807) is 6.20 Å². The van der Waals surface area contributed by atoms with Crippen LogP contribution in [0.25, 0.3) is 28.1 Å². The molecular weight excluding hydrogens is 314 g/mol. The van der Waals surface area contributed by atoms with Crippen LogP contribution in [0, 0.1) is 0 Å². The molecular formula is C19H19N5O. The summed E-state index contributed by atoms with van der Waals surface area (Å²) in [6.07, 6.45) is 3.58. The fraction of sp³-hybridized carbons (Fsp3) is 0.263. The van der Waals surface area contributed by atoms with Gasteiger partial charge < -0.3 is 14.2 Å². The largest absolute Gasteiger partial charge is 0.454 e. The Balaban J connectivity index is 1.61. The molecule has 0 spiro atoms. The van der Waals surface area contributed by atoms with Crippen LogP contribution in [0.1, 0.15) is 0 Å². The topological polar surface area (TPSA) is 49.8 Å². The number of anilines is 1. The van der Waals surface area contributed by atoms with Gasteiger partial charge in [-0.25, -0.2) is 9.50 Å². The predicted octanol–water partition coefficient (Wildman–Crippen LogP) is 2.89. The van der Waals surface area contributed by atoms with E-state index in [0.717, 1.165) is 54.2 Å². The first-order valence-electron chi connectivity index (χ1n) is 8.55. The monoisotopic (exact) mass is 333 g/mol. The lowest BCUT2D eigenvalue weighted by molar-refractivity contribution is 0.313. The van der Waals surface area contributed by atoms with Crippen molar-refractivity contribution in [2.24, 2.45) is 0 Å². The molecule has 1 saturated heterocycles. The van der Waals surface area contributed by atoms with Gasteiger partial charge in [-0.2, -0.15) is 5.10 Å². The number of likely N-dealkylation sites (N-methyl/N-ethyl adjacent to an activating group) is 1. The summed E-state index contributed by atoms with van der Waals surface area (Å²) in [7, 11) is 2.17. The predicted molar refractivity (Wildman–Crippen MR) is 97.9 cm³/mol. The molecule has 1 aliphatic rings. The lowest BCUT2D eigenvalue weighted by Crippen LogP contribution is -2.44. The zero-order chi connectivity index (χ0) is 16.8. The number of imidazole rings is 1. The van der Waals surface area contributed by atoms with Crippen molar-refractivity contribution in [2.45, 2.75) is 0 Å². The van der Waals surface area contributed by atoms with Gasteiger partial charge in [0.1, 0.15) is 11.3 Å². The van der Waals surface area contributed by atoms with Crippen molar-refractivity contribution in [3.8, 4) is 11.5 Å². The maximum Gasteiger partial charge on any atom is 0.155 e. The molecule has 1 aromatic carbocycles. The molecule has 126 valence electrons. The molecule has 6 heteroatoms. The first-order valence-corrected chi connectivity index (χ1v) is 8.55. The van der Waals surface area contributed by atoms with Crippen molar-refractivity contribution in [1.82, 2.24) is 19.5 Å². The van der Waals surface area contributed by atoms with E-state index in [9.17, 15) is 0 Å². The van der Waals surface area contributed by atoms with Crippen LogP contribution in [0.4, 0.5) is 5.69 Å². The number of nitrogens with zero attached hydrogens (tertiary/aromatic N) is 5. The summed E-state index contributed by atoms with van der Waals surface area (Å²) in [6, 6.07) is 12.2. The van der Waals surface area contributed by atoms with Gasteiger partial charge >= 0.3 is 0 Å². The van der Waals surface area contributed by atoms with Gasteiger partial charge in [-0.1, -0.05) is 6.07 Å². The van der Waals surface area contributed by atoms with E-state index in [0.29, 0.717) is 0 Å². The number of benzene rings is 1. The van der Waals surface area contributed by atoms with Crippen LogP contribution in [-0.4, -0.2) is 52.7 Å². The average Bonchev–Trinajstić information content (AvgIpc) is 3.26. The molecule has 1 aliphatic heterocycles. The van der Waals surface area contributed by atoms with Gasteiger partial charge in [0, 0.05) is 43.4 Å². The third-order valence-corrected chi connectivity index (χ3v) is 4.91. The second kappa shape index (κ2) is 5.60. The molecule has 0 unspecified atom stereocenters. The molecule has 0 radical (unpaired) electrons. The minimum absolute atomic E-state index is 0.794. The third-order valence-electron chi connectivity index (χ3n) is 4.91. The SMILES string of the molecule is CN1CCN(c2cccc3oc(-c4cnc5cccnn45)cc23)CC1. The summed E-state index contributed by atoms with van der Waals surface area (Å²) in [5, 5.41) is 5.53. The summed E-state index contributed by atoms with van der Waals surface area (Å²) in [6.45, 7) is 4.23. The minimum Gasteiger partial charge on any atom is -0.454 e. The number of furan rings is 1. The molecule has 0 saturated carbocycles. The molecule has 5 rings (SSSR count). The van der Waals surface area contributed by atoms with Crippen molar-refractivity contribution in [2.75, 3.05) is 38.1 Å². The maximum absolute atomic E-state index is 6.14. The van der Waals surface area contributed by atoms with Gasteiger partial charge in [0.05, 0.1) is 6.20 Å². The highest BCUT2D eigenvalue weighted by molar-refractivity contribution is 5.94. The fourth-order valence-electron chi connectivity index (χ4n) is 3.49. The third kappa shape index (κ3) is 2.37. The molecule has 0 atom stereocenters. The van der Waals surface area contributed by atoms with E-state index in [4.69, 9.17) is 4.42 Å². The lowest BCUT2D eigenvalue weighted by Gasteiger charge is -2.34. The highest BCUT2D eigenvalue weighted by Gasteiger charge is 2.19. The van der Waals surface area contributed by atoms with Crippen LogP contribution < -0.4 is 4.90 Å². The van der Waals surface area contributed by atoms with Crippen molar-refractivity contribution < 1.29 is 4.42 Å². The highest BCUT2D eigenvalue weighted by Crippen LogP contribution is 2.34. The number of rotatable bonds is 2. The van der Waals surface area contributed by atoms with Crippen LogP contribution in [0.5, 0.6) is 0 Å². The van der Waals surface area contributed by atoms with E-state index in [-0.39, 0.29) is 0 Å². The van der Waals surface area contributed by atoms with E-state index in [1.807, 2.05) is 28.9 Å². The smallest absolute Gasteiger partial charge is 0.155 e. The number of piperazine rings is 1. The summed E-state index contributed by atoms with van der Waals surface area (Å²) >= 11 is 0. The summed E-state index contributed by atoms with van der Waals surface area (Å²) in [5.74, 6) is 0.794. The highest BCUT2D eigenvalue weighted by atomic mass is 16.3. The second-order valence-electron chi connectivity index (χ2n) is 6.53. The lowest BCUT2D eigenvalue weighted by atomic mass is 10.1. The van der Waals surface area contributed by atoms with E-state index >= 15 is 0 Å². The molecule has 0 amide bonds. The molecule has 0 bridgehead atoms. The first-order chi connectivity index (χ1) is 12.3. The maximum atomic E-state index is 6.14. The summed E-state index contributed by atoms with van der Waals surface area (Å²) < 4.78 is 7.95. The Morgan fingerprint density at radius 3 is 2.80 bits per heavy atom. The van der Waals surface area contributed by atoms with E-state index in [1.165, 1.54) is 5.69 Å². The summed E-state index contributed by atoms with van der Waals surface area (Å²) in [5.41, 5.74) is 3.83. The van der Waals surface area contributed by atoms with Crippen molar-refractivity contribution in [3.63, 3.8) is 0 Å². The molecule has 0 N–H and O–H groups in total. The Morgan fingerprint density at radius 2 is 1.92 bits per heavy atom. The molecule has 0 aliphatic carbocycles. The van der Waals surface area contributed by atoms with Gasteiger partial charge in [0.15, 0.2) is 11.4 Å². The Morgan fingerprint density at radius 1 is 1.04 bits per heavy atom. The molecule has 4 heterocycles. The molecule has 3 aromatic heterocycles. The van der Waals surface area contributed by atoms with E-state index in [2.05, 4.69) is 45.1 Å². The van der Waals surface area contributed by atoms with Crippen molar-refractivity contribution in [1.29, 1.82) is 0 Å². The first kappa shape index (κ1) is 14.5. The van der Waals surface area contributed by atoms with Gasteiger partial charge in [0.25, 0.3) is 0 Å². The number of aromatic nitrogens is 3. The molecule has 4 aromatic rings. The Bertz CT molecular complexity index is 1040. The van der Waals surface area contributed by atoms with Crippen LogP contribution >= 0.6 is 0 Å². The quantitative estimate of drug-likeness (QED) is 0.564. The Hall–Kier alpha value is -2.86. The normalized spacial score (nSPS) is 16.1. The average molecular weight is 333 g/mol. The number of hydrogen-bond donors (Lipinski definition) is 0. The van der Waals surface area contributed by atoms with Crippen LogP contribution in [0.2, 0.25) is 0 Å². The van der Waals surface area contributed by atoms with Gasteiger partial charge in [-0.3, -0.25) is 0 Å². The molecule has 6 nitrogen and oxygen atoms in total. The Labute approximate surface area is 145 Å². The minimum atomic E-state index is 0.794. The van der Waals surface area contributed by atoms with Gasteiger partial charge in [0.2, 0.25) is 0 Å². The number of fused-ring (bicyclic) bond motifs is 2. The van der Waals surface area contributed by atoms with Gasteiger partial charge in [-0.05, 0) is 37.4 Å². The van der Waals surface area contributed by atoms with Crippen LogP contribution in [-0.2, 0) is 0 Å². The molecule has 25 heavy (non-hydrogen) atoms. The summed E-state index contributed by atoms with van der Waals surface area (Å²) in [4.78, 5) is 9.21. The van der Waals surface area contributed by atoms with Crippen molar-refractivity contribution >= 4 is 22.3 Å². The molecule has 1 fully saturated rings. The standard InChI is InChI=1S/C19H19N5O/c1-22-8-10-23(11-9-22)15-4-2-5-17-14(15)12-18(25-17)16-13-20-19-6-3-7-21-24(16)19/h2-7,12-13H,8-11H2,1H3.